The molecule has 0 aliphatic rings. The number of benzene rings is 3. The summed E-state index contributed by atoms with van der Waals surface area (Å²) in [5, 5.41) is 4.29. The van der Waals surface area contributed by atoms with Crippen LogP contribution in [0.3, 0.4) is 0 Å². The lowest BCUT2D eigenvalue weighted by molar-refractivity contribution is -0.121. The number of carbonyl (C=O) groups is 1. The molecular weight excluding hydrogens is 420 g/mol. The summed E-state index contributed by atoms with van der Waals surface area (Å²) in [4.78, 5) is 13.0. The number of amides is 1. The Bertz CT molecular complexity index is 1240. The van der Waals surface area contributed by atoms with E-state index >= 15 is 0 Å². The topological polar surface area (TPSA) is 43.3 Å². The van der Waals surface area contributed by atoms with Gasteiger partial charge in [-0.25, -0.2) is 0 Å². The fraction of sp³-hybridized carbons (Fsp3) is 0.300. The monoisotopic (exact) mass is 454 g/mol. The van der Waals surface area contributed by atoms with Crippen LogP contribution >= 0.6 is 0 Å². The van der Waals surface area contributed by atoms with Crippen LogP contribution in [0.4, 0.5) is 0 Å². The SMILES string of the molecule is COc1ccc([C@H](CC(=O)NCC(C)C)c2cn(Cc3ccc(C)cc3)c3ccccc23)cc1. The zero-order valence-electron chi connectivity index (χ0n) is 20.5. The molecule has 0 aliphatic carbocycles. The first kappa shape index (κ1) is 23.6. The number of aryl methyl sites for hydroxylation is 1. The molecule has 1 N–H and O–H groups in total. The van der Waals surface area contributed by atoms with Crippen molar-refractivity contribution in [2.75, 3.05) is 13.7 Å². The highest BCUT2D eigenvalue weighted by Crippen LogP contribution is 2.35. The van der Waals surface area contributed by atoms with Gasteiger partial charge in [-0.1, -0.05) is 74.0 Å². The third-order valence-electron chi connectivity index (χ3n) is 6.28. The first-order valence-corrected chi connectivity index (χ1v) is 12.0. The molecule has 0 fully saturated rings. The predicted octanol–water partition coefficient (Wildman–Crippen LogP) is 6.30. The Hall–Kier alpha value is -3.53. The van der Waals surface area contributed by atoms with Crippen LogP contribution in [0, 0.1) is 12.8 Å². The second kappa shape index (κ2) is 10.6. The lowest BCUT2D eigenvalue weighted by Crippen LogP contribution is -2.28. The standard InChI is InChI=1S/C30H34N2O2/c1-21(2)18-31-30(33)17-27(24-13-15-25(34-4)16-14-24)28-20-32(29-8-6-5-7-26(28)29)19-23-11-9-22(3)10-12-23/h5-16,20-21,27H,17-19H2,1-4H3,(H,31,33)/t27-/m0/s1. The maximum atomic E-state index is 13.0. The van der Waals surface area contributed by atoms with E-state index in [4.69, 9.17) is 4.74 Å². The molecule has 0 saturated carbocycles. The molecule has 0 radical (unpaired) electrons. The number of hydrogen-bond donors (Lipinski definition) is 1. The van der Waals surface area contributed by atoms with Gasteiger partial charge in [-0.3, -0.25) is 4.79 Å². The molecule has 4 nitrogen and oxygen atoms in total. The summed E-state index contributed by atoms with van der Waals surface area (Å²) in [6, 6.07) is 25.3. The number of hydrogen-bond acceptors (Lipinski definition) is 2. The van der Waals surface area contributed by atoms with E-state index in [1.165, 1.54) is 27.6 Å². The van der Waals surface area contributed by atoms with Crippen LogP contribution < -0.4 is 10.1 Å². The van der Waals surface area contributed by atoms with E-state index in [-0.39, 0.29) is 11.8 Å². The minimum absolute atomic E-state index is 0.0535. The summed E-state index contributed by atoms with van der Waals surface area (Å²) in [5.74, 6) is 1.25. The van der Waals surface area contributed by atoms with E-state index < -0.39 is 0 Å². The highest BCUT2D eigenvalue weighted by atomic mass is 16.5. The van der Waals surface area contributed by atoms with Gasteiger partial charge in [0, 0.05) is 42.5 Å². The molecule has 1 heterocycles. The van der Waals surface area contributed by atoms with Gasteiger partial charge >= 0.3 is 0 Å². The average molecular weight is 455 g/mol. The Morgan fingerprint density at radius 2 is 1.68 bits per heavy atom. The van der Waals surface area contributed by atoms with E-state index in [1.807, 2.05) is 12.1 Å². The average Bonchev–Trinajstić information content (AvgIpc) is 3.21. The van der Waals surface area contributed by atoms with Gasteiger partial charge in [0.1, 0.15) is 5.75 Å². The molecule has 4 rings (SSSR count). The van der Waals surface area contributed by atoms with Gasteiger partial charge in [0.2, 0.25) is 5.91 Å². The van der Waals surface area contributed by atoms with Gasteiger partial charge in [0.15, 0.2) is 0 Å². The Morgan fingerprint density at radius 3 is 2.35 bits per heavy atom. The van der Waals surface area contributed by atoms with Crippen molar-refractivity contribution in [2.45, 2.75) is 39.7 Å². The molecule has 4 heteroatoms. The number of aromatic nitrogens is 1. The molecule has 1 atom stereocenters. The van der Waals surface area contributed by atoms with Crippen molar-refractivity contribution in [3.8, 4) is 5.75 Å². The summed E-state index contributed by atoms with van der Waals surface area (Å²) < 4.78 is 7.67. The highest BCUT2D eigenvalue weighted by Gasteiger charge is 2.23. The molecule has 0 aliphatic heterocycles. The molecule has 0 unspecified atom stereocenters. The lowest BCUT2D eigenvalue weighted by Gasteiger charge is -2.18. The zero-order valence-corrected chi connectivity index (χ0v) is 20.5. The third kappa shape index (κ3) is 5.51. The number of ether oxygens (including phenoxy) is 1. The van der Waals surface area contributed by atoms with E-state index in [9.17, 15) is 4.79 Å². The Kier molecular flexibility index (Phi) is 7.36. The molecule has 34 heavy (non-hydrogen) atoms. The molecule has 176 valence electrons. The van der Waals surface area contributed by atoms with Gasteiger partial charge < -0.3 is 14.6 Å². The van der Waals surface area contributed by atoms with Crippen LogP contribution in [0.15, 0.2) is 79.0 Å². The number of fused-ring (bicyclic) bond motifs is 1. The fourth-order valence-electron chi connectivity index (χ4n) is 4.39. The Balaban J connectivity index is 1.74. The van der Waals surface area contributed by atoms with Crippen molar-refractivity contribution in [1.29, 1.82) is 0 Å². The van der Waals surface area contributed by atoms with Crippen LogP contribution in [-0.4, -0.2) is 24.1 Å². The van der Waals surface area contributed by atoms with Crippen molar-refractivity contribution in [2.24, 2.45) is 5.92 Å². The van der Waals surface area contributed by atoms with Crippen molar-refractivity contribution in [1.82, 2.24) is 9.88 Å². The minimum Gasteiger partial charge on any atom is -0.497 e. The summed E-state index contributed by atoms with van der Waals surface area (Å²) in [5.41, 5.74) is 5.98. The number of rotatable bonds is 9. The van der Waals surface area contributed by atoms with Crippen LogP contribution in [0.2, 0.25) is 0 Å². The minimum atomic E-state index is -0.0535. The van der Waals surface area contributed by atoms with Crippen molar-refractivity contribution in [3.63, 3.8) is 0 Å². The molecule has 1 aromatic heterocycles. The summed E-state index contributed by atoms with van der Waals surface area (Å²) in [6.07, 6.45) is 2.63. The number of carbonyl (C=O) groups excluding carboxylic acids is 1. The normalized spacial score (nSPS) is 12.1. The van der Waals surface area contributed by atoms with Crippen LogP contribution in [0.1, 0.15) is 48.4 Å². The van der Waals surface area contributed by atoms with Crippen LogP contribution in [-0.2, 0) is 11.3 Å². The van der Waals surface area contributed by atoms with E-state index in [0.29, 0.717) is 18.9 Å². The predicted molar refractivity (Wildman–Crippen MR) is 140 cm³/mol. The smallest absolute Gasteiger partial charge is 0.220 e. The molecule has 0 spiro atoms. The molecule has 1 amide bonds. The van der Waals surface area contributed by atoms with E-state index in [2.05, 4.69) is 97.5 Å². The van der Waals surface area contributed by atoms with Gasteiger partial charge in [0.25, 0.3) is 0 Å². The Labute approximate surface area is 202 Å². The molecular formula is C30H34N2O2. The van der Waals surface area contributed by atoms with E-state index in [1.54, 1.807) is 7.11 Å². The fourth-order valence-corrected chi connectivity index (χ4v) is 4.39. The second-order valence-corrected chi connectivity index (χ2v) is 9.44. The lowest BCUT2D eigenvalue weighted by atomic mass is 9.88. The van der Waals surface area contributed by atoms with E-state index in [0.717, 1.165) is 17.9 Å². The van der Waals surface area contributed by atoms with Crippen molar-refractivity contribution >= 4 is 16.8 Å². The summed E-state index contributed by atoms with van der Waals surface area (Å²) >= 11 is 0. The van der Waals surface area contributed by atoms with Gasteiger partial charge in [-0.2, -0.15) is 0 Å². The number of methoxy groups -OCH3 is 1. The molecule has 0 saturated heterocycles. The van der Waals surface area contributed by atoms with Crippen molar-refractivity contribution < 1.29 is 9.53 Å². The summed E-state index contributed by atoms with van der Waals surface area (Å²) in [6.45, 7) is 7.80. The molecule has 4 aromatic rings. The Morgan fingerprint density at radius 1 is 0.971 bits per heavy atom. The quantitative estimate of drug-likeness (QED) is 0.322. The van der Waals surface area contributed by atoms with Crippen LogP contribution in [0.25, 0.3) is 10.9 Å². The number of nitrogens with one attached hydrogen (secondary N) is 1. The van der Waals surface area contributed by atoms with Crippen molar-refractivity contribution in [3.05, 3.63) is 101 Å². The van der Waals surface area contributed by atoms with Gasteiger partial charge in [0.05, 0.1) is 7.11 Å². The zero-order chi connectivity index (χ0) is 24.1. The first-order chi connectivity index (χ1) is 16.4. The second-order valence-electron chi connectivity index (χ2n) is 9.44. The highest BCUT2D eigenvalue weighted by molar-refractivity contribution is 5.86. The summed E-state index contributed by atoms with van der Waals surface area (Å²) in [7, 11) is 1.67. The third-order valence-corrected chi connectivity index (χ3v) is 6.28. The molecule has 3 aromatic carbocycles. The van der Waals surface area contributed by atoms with Crippen LogP contribution in [0.5, 0.6) is 5.75 Å². The van der Waals surface area contributed by atoms with Gasteiger partial charge in [-0.05, 0) is 47.7 Å². The largest absolute Gasteiger partial charge is 0.497 e. The maximum Gasteiger partial charge on any atom is 0.220 e. The number of nitrogens with zero attached hydrogens (tertiary/aromatic N) is 1. The number of para-hydroxylation sites is 1. The van der Waals surface area contributed by atoms with Gasteiger partial charge in [-0.15, -0.1) is 0 Å². The molecule has 0 bridgehead atoms. The maximum absolute atomic E-state index is 13.0. The first-order valence-electron chi connectivity index (χ1n) is 12.0.